The van der Waals surface area contributed by atoms with Gasteiger partial charge < -0.3 is 0 Å². The molecule has 0 aliphatic heterocycles. The smallest absolute Gasteiger partial charge is 0.127 e. The normalized spacial score (nSPS) is 9.79. The summed E-state index contributed by atoms with van der Waals surface area (Å²) in [6, 6.07) is 0. The van der Waals surface area contributed by atoms with Crippen molar-refractivity contribution in [1.82, 2.24) is 9.97 Å². The number of fused-ring (bicyclic) bond motifs is 1. The Hall–Kier alpha value is -0.960. The fourth-order valence-electron chi connectivity index (χ4n) is 1.36. The van der Waals surface area contributed by atoms with Gasteiger partial charge in [-0.2, -0.15) is 0 Å². The third-order valence-corrected chi connectivity index (χ3v) is 3.27. The molecule has 0 spiro atoms. The highest BCUT2D eigenvalue weighted by Gasteiger charge is 2.07. The Labute approximate surface area is 89.0 Å². The number of nitrogens with zero attached hydrogens (tertiary/aromatic N) is 2. The molecule has 2 aromatic rings. The summed E-state index contributed by atoms with van der Waals surface area (Å²) >= 11 is 1.74. The second kappa shape index (κ2) is 4.51. The van der Waals surface area contributed by atoms with E-state index in [1.165, 1.54) is 15.8 Å². The average molecular weight is 208 g/mol. The minimum atomic E-state index is 1.09. The van der Waals surface area contributed by atoms with Gasteiger partial charge in [-0.1, -0.05) is 13.8 Å². The van der Waals surface area contributed by atoms with Gasteiger partial charge in [-0.25, -0.2) is 9.97 Å². The van der Waals surface area contributed by atoms with Crippen molar-refractivity contribution in [3.63, 3.8) is 0 Å². The highest BCUT2D eigenvalue weighted by molar-refractivity contribution is 7.18. The Bertz CT molecular complexity index is 432. The molecule has 0 amide bonds. The van der Waals surface area contributed by atoms with Crippen LogP contribution in [0.2, 0.25) is 0 Å². The van der Waals surface area contributed by atoms with Gasteiger partial charge in [0, 0.05) is 16.0 Å². The number of aryl methyl sites for hydroxylation is 3. The Morgan fingerprint density at radius 2 is 1.71 bits per heavy atom. The topological polar surface area (TPSA) is 25.8 Å². The molecule has 3 heteroatoms. The number of hydrogen-bond acceptors (Lipinski definition) is 3. The fraction of sp³-hybridized carbons (Fsp3) is 0.455. The van der Waals surface area contributed by atoms with Crippen LogP contribution in [0, 0.1) is 20.8 Å². The van der Waals surface area contributed by atoms with Crippen LogP contribution in [0.3, 0.4) is 0 Å². The summed E-state index contributed by atoms with van der Waals surface area (Å²) < 4.78 is 0. The van der Waals surface area contributed by atoms with Crippen LogP contribution in [0.4, 0.5) is 0 Å². The van der Waals surface area contributed by atoms with Gasteiger partial charge in [-0.05, 0) is 26.3 Å². The first-order valence-electron chi connectivity index (χ1n) is 4.87. The summed E-state index contributed by atoms with van der Waals surface area (Å²) in [5, 5.41) is 1.24. The molecule has 14 heavy (non-hydrogen) atoms. The van der Waals surface area contributed by atoms with Gasteiger partial charge in [-0.3, -0.25) is 0 Å². The van der Waals surface area contributed by atoms with Crippen molar-refractivity contribution < 1.29 is 0 Å². The first-order chi connectivity index (χ1) is 6.70. The SMILES string of the molecule is CC.Cc1sc2ncnc(C)c2c1C. The molecule has 0 saturated heterocycles. The van der Waals surface area contributed by atoms with Gasteiger partial charge in [0.25, 0.3) is 0 Å². The van der Waals surface area contributed by atoms with E-state index in [-0.39, 0.29) is 0 Å². The van der Waals surface area contributed by atoms with E-state index in [9.17, 15) is 0 Å². The van der Waals surface area contributed by atoms with E-state index in [0.717, 1.165) is 10.5 Å². The maximum Gasteiger partial charge on any atom is 0.127 e. The highest BCUT2D eigenvalue weighted by Crippen LogP contribution is 2.29. The molecule has 0 bridgehead atoms. The molecule has 0 fully saturated rings. The Morgan fingerprint density at radius 1 is 1.07 bits per heavy atom. The molecule has 0 radical (unpaired) electrons. The lowest BCUT2D eigenvalue weighted by Crippen LogP contribution is -1.84. The molecule has 0 aliphatic carbocycles. The van der Waals surface area contributed by atoms with Crippen molar-refractivity contribution >= 4 is 21.6 Å². The van der Waals surface area contributed by atoms with Crippen LogP contribution in [-0.2, 0) is 0 Å². The van der Waals surface area contributed by atoms with Crippen LogP contribution in [0.5, 0.6) is 0 Å². The summed E-state index contributed by atoms with van der Waals surface area (Å²) in [6.45, 7) is 10.3. The molecule has 0 atom stereocenters. The minimum absolute atomic E-state index is 1.09. The van der Waals surface area contributed by atoms with Crippen LogP contribution in [-0.4, -0.2) is 9.97 Å². The van der Waals surface area contributed by atoms with Gasteiger partial charge in [0.15, 0.2) is 0 Å². The van der Waals surface area contributed by atoms with Crippen molar-refractivity contribution in [3.05, 3.63) is 22.5 Å². The summed E-state index contributed by atoms with van der Waals surface area (Å²) in [5.74, 6) is 0. The van der Waals surface area contributed by atoms with Gasteiger partial charge in [0.05, 0.1) is 0 Å². The van der Waals surface area contributed by atoms with Crippen LogP contribution >= 0.6 is 11.3 Å². The molecule has 2 nitrogen and oxygen atoms in total. The van der Waals surface area contributed by atoms with Crippen LogP contribution in [0.1, 0.15) is 30.0 Å². The molecule has 0 N–H and O–H groups in total. The molecule has 0 aromatic carbocycles. The summed E-state index contributed by atoms with van der Waals surface area (Å²) in [7, 11) is 0. The zero-order valence-corrected chi connectivity index (χ0v) is 10.2. The van der Waals surface area contributed by atoms with Crippen LogP contribution in [0.25, 0.3) is 10.2 Å². The van der Waals surface area contributed by atoms with E-state index in [1.807, 2.05) is 20.8 Å². The summed E-state index contributed by atoms with van der Waals surface area (Å²) in [4.78, 5) is 10.9. The molecule has 0 aliphatic rings. The standard InChI is InChI=1S/C9H10N2S.C2H6/c1-5-7(3)12-9-8(5)6(2)10-4-11-9;1-2/h4H,1-3H3;1-2H3. The van der Waals surface area contributed by atoms with E-state index < -0.39 is 0 Å². The largest absolute Gasteiger partial charge is 0.241 e. The zero-order chi connectivity index (χ0) is 10.7. The molecule has 0 saturated carbocycles. The molecule has 2 aromatic heterocycles. The van der Waals surface area contributed by atoms with Crippen LogP contribution in [0.15, 0.2) is 6.33 Å². The van der Waals surface area contributed by atoms with Crippen molar-refractivity contribution in [2.45, 2.75) is 34.6 Å². The lowest BCUT2D eigenvalue weighted by atomic mass is 10.2. The van der Waals surface area contributed by atoms with E-state index in [2.05, 4.69) is 23.8 Å². The quantitative estimate of drug-likeness (QED) is 0.660. The molecule has 0 unspecified atom stereocenters. The van der Waals surface area contributed by atoms with Gasteiger partial charge in [0.2, 0.25) is 0 Å². The fourth-order valence-corrected chi connectivity index (χ4v) is 2.41. The van der Waals surface area contributed by atoms with E-state index in [4.69, 9.17) is 0 Å². The lowest BCUT2D eigenvalue weighted by molar-refractivity contribution is 1.16. The van der Waals surface area contributed by atoms with Crippen molar-refractivity contribution in [2.24, 2.45) is 0 Å². The molecular formula is C11H16N2S. The van der Waals surface area contributed by atoms with Crippen molar-refractivity contribution in [2.75, 3.05) is 0 Å². The third kappa shape index (κ3) is 1.77. The van der Waals surface area contributed by atoms with E-state index in [0.29, 0.717) is 0 Å². The number of thiophene rings is 1. The second-order valence-corrected chi connectivity index (χ2v) is 4.13. The summed E-state index contributed by atoms with van der Waals surface area (Å²) in [6.07, 6.45) is 1.63. The van der Waals surface area contributed by atoms with E-state index >= 15 is 0 Å². The van der Waals surface area contributed by atoms with Gasteiger partial charge in [-0.15, -0.1) is 11.3 Å². The van der Waals surface area contributed by atoms with Gasteiger partial charge >= 0.3 is 0 Å². The molecule has 2 rings (SSSR count). The highest BCUT2D eigenvalue weighted by atomic mass is 32.1. The number of hydrogen-bond donors (Lipinski definition) is 0. The second-order valence-electron chi connectivity index (χ2n) is 2.92. The predicted molar refractivity (Wildman–Crippen MR) is 63.0 cm³/mol. The Balaban J connectivity index is 0.000000461. The lowest BCUT2D eigenvalue weighted by Gasteiger charge is -1.94. The summed E-state index contributed by atoms with van der Waals surface area (Å²) in [5.41, 5.74) is 2.41. The van der Waals surface area contributed by atoms with Crippen molar-refractivity contribution in [1.29, 1.82) is 0 Å². The number of rotatable bonds is 0. The van der Waals surface area contributed by atoms with Crippen LogP contribution < -0.4 is 0 Å². The monoisotopic (exact) mass is 208 g/mol. The first-order valence-corrected chi connectivity index (χ1v) is 5.69. The maximum absolute atomic E-state index is 4.23. The zero-order valence-electron chi connectivity index (χ0n) is 9.38. The van der Waals surface area contributed by atoms with Crippen molar-refractivity contribution in [3.8, 4) is 0 Å². The minimum Gasteiger partial charge on any atom is -0.241 e. The number of aromatic nitrogens is 2. The van der Waals surface area contributed by atoms with E-state index in [1.54, 1.807) is 17.7 Å². The molecular weight excluding hydrogens is 192 g/mol. The maximum atomic E-state index is 4.23. The third-order valence-electron chi connectivity index (χ3n) is 2.15. The Morgan fingerprint density at radius 3 is 2.29 bits per heavy atom. The average Bonchev–Trinajstić information content (AvgIpc) is 2.47. The first kappa shape index (κ1) is 11.1. The molecule has 2 heterocycles. The Kier molecular flexibility index (Phi) is 3.58. The predicted octanol–water partition coefficient (Wildman–Crippen LogP) is 3.64. The van der Waals surface area contributed by atoms with Gasteiger partial charge in [0.1, 0.15) is 11.2 Å². The molecule has 76 valence electrons.